The molecular formula is C24H29N2+. The number of aromatic nitrogens is 2. The smallest absolute Gasteiger partial charge is 0.195 e. The molecule has 3 heterocycles. The van der Waals surface area contributed by atoms with Crippen LogP contribution in [-0.2, 0) is 10.8 Å². The molecule has 3 aromatic rings. The summed E-state index contributed by atoms with van der Waals surface area (Å²) >= 11 is 0. The van der Waals surface area contributed by atoms with E-state index in [0.717, 1.165) is 6.42 Å². The molecule has 0 atom stereocenters. The molecule has 1 aliphatic rings. The van der Waals surface area contributed by atoms with Crippen LogP contribution in [0.15, 0.2) is 54.9 Å². The first-order chi connectivity index (χ1) is 12.2. The van der Waals surface area contributed by atoms with Crippen LogP contribution in [0.25, 0.3) is 16.6 Å². The average molecular weight is 346 g/mol. The van der Waals surface area contributed by atoms with E-state index in [2.05, 4.69) is 105 Å². The van der Waals surface area contributed by atoms with Gasteiger partial charge in [0.1, 0.15) is 0 Å². The summed E-state index contributed by atoms with van der Waals surface area (Å²) in [6.07, 6.45) is 12.1. The van der Waals surface area contributed by atoms with Gasteiger partial charge in [0, 0.05) is 5.57 Å². The van der Waals surface area contributed by atoms with Crippen LogP contribution in [0.1, 0.15) is 64.9 Å². The minimum absolute atomic E-state index is 0.138. The van der Waals surface area contributed by atoms with Crippen molar-refractivity contribution in [2.75, 3.05) is 0 Å². The van der Waals surface area contributed by atoms with Crippen LogP contribution in [0, 0.1) is 0 Å². The van der Waals surface area contributed by atoms with Crippen molar-refractivity contribution in [2.24, 2.45) is 0 Å². The van der Waals surface area contributed by atoms with Crippen LogP contribution >= 0.6 is 0 Å². The Labute approximate surface area is 156 Å². The third-order valence-corrected chi connectivity index (χ3v) is 5.42. The first kappa shape index (κ1) is 17.1. The first-order valence-corrected chi connectivity index (χ1v) is 9.53. The predicted octanol–water partition coefficient (Wildman–Crippen LogP) is 5.62. The van der Waals surface area contributed by atoms with Gasteiger partial charge in [0.25, 0.3) is 5.82 Å². The molecule has 2 heteroatoms. The summed E-state index contributed by atoms with van der Waals surface area (Å²) < 4.78 is 4.71. The lowest BCUT2D eigenvalue weighted by Crippen LogP contribution is -2.26. The van der Waals surface area contributed by atoms with Crippen molar-refractivity contribution in [1.82, 2.24) is 4.40 Å². The predicted molar refractivity (Wildman–Crippen MR) is 110 cm³/mol. The van der Waals surface area contributed by atoms with Crippen molar-refractivity contribution in [2.45, 2.75) is 58.8 Å². The summed E-state index contributed by atoms with van der Waals surface area (Å²) in [6, 6.07) is 9.27. The number of allylic oxidation sites excluding steroid dienone is 4. The zero-order valence-corrected chi connectivity index (χ0v) is 16.8. The molecule has 0 radical (unpaired) electrons. The Morgan fingerprint density at radius 1 is 0.923 bits per heavy atom. The van der Waals surface area contributed by atoms with E-state index in [1.807, 2.05) is 0 Å². The minimum Gasteiger partial charge on any atom is -0.195 e. The molecule has 0 unspecified atom stereocenters. The monoisotopic (exact) mass is 345 g/mol. The zero-order chi connectivity index (χ0) is 18.7. The molecule has 0 spiro atoms. The Kier molecular flexibility index (Phi) is 3.66. The maximum absolute atomic E-state index is 2.37. The van der Waals surface area contributed by atoms with E-state index in [9.17, 15) is 0 Å². The topological polar surface area (TPSA) is 8.51 Å². The number of hydrogen-bond acceptors (Lipinski definition) is 0. The molecule has 3 aromatic heterocycles. The van der Waals surface area contributed by atoms with Gasteiger partial charge in [-0.3, -0.25) is 0 Å². The van der Waals surface area contributed by atoms with Crippen molar-refractivity contribution in [3.8, 4) is 0 Å². The summed E-state index contributed by atoms with van der Waals surface area (Å²) in [5.74, 6) is 1.26. The van der Waals surface area contributed by atoms with Crippen LogP contribution in [0.2, 0.25) is 0 Å². The van der Waals surface area contributed by atoms with Gasteiger partial charge in [-0.25, -0.2) is 0 Å². The van der Waals surface area contributed by atoms with E-state index in [-0.39, 0.29) is 10.8 Å². The fourth-order valence-electron chi connectivity index (χ4n) is 3.74. The van der Waals surface area contributed by atoms with Crippen LogP contribution < -0.4 is 4.40 Å². The molecular weight excluding hydrogens is 316 g/mol. The fourth-order valence-corrected chi connectivity index (χ4v) is 3.74. The summed E-state index contributed by atoms with van der Waals surface area (Å²) in [5, 5.41) is 0. The second kappa shape index (κ2) is 5.57. The number of imidazole rings is 1. The third kappa shape index (κ3) is 2.68. The number of rotatable bonds is 1. The summed E-state index contributed by atoms with van der Waals surface area (Å²) in [7, 11) is 0. The Morgan fingerprint density at radius 2 is 1.62 bits per heavy atom. The lowest BCUT2D eigenvalue weighted by atomic mass is 9.86. The largest absolute Gasteiger partial charge is 0.295 e. The highest BCUT2D eigenvalue weighted by Crippen LogP contribution is 2.30. The van der Waals surface area contributed by atoms with Gasteiger partial charge in [0.05, 0.1) is 12.4 Å². The summed E-state index contributed by atoms with van der Waals surface area (Å²) in [5.41, 5.74) is 6.95. The normalized spacial score (nSPS) is 15.2. The molecule has 0 bridgehead atoms. The maximum Gasteiger partial charge on any atom is 0.295 e. The molecule has 2 nitrogen and oxygen atoms in total. The van der Waals surface area contributed by atoms with Gasteiger partial charge in [-0.1, -0.05) is 59.8 Å². The van der Waals surface area contributed by atoms with Crippen LogP contribution in [0.3, 0.4) is 0 Å². The van der Waals surface area contributed by atoms with Crippen molar-refractivity contribution in [3.63, 3.8) is 0 Å². The number of nitrogens with zero attached hydrogens (tertiary/aromatic N) is 2. The SMILES string of the molecule is CC(C)(C)c1ccn2c(C3=CC=CC3)[n+]3ccc(C(C)(C)C)cc3c2c1. The molecule has 0 saturated carbocycles. The van der Waals surface area contributed by atoms with Crippen molar-refractivity contribution in [3.05, 3.63) is 71.8 Å². The van der Waals surface area contributed by atoms with Crippen molar-refractivity contribution < 1.29 is 4.40 Å². The van der Waals surface area contributed by atoms with Gasteiger partial charge in [-0.15, -0.1) is 0 Å². The molecule has 4 rings (SSSR count). The average Bonchev–Trinajstić information content (AvgIpc) is 3.17. The number of fused-ring (bicyclic) bond motifs is 3. The van der Waals surface area contributed by atoms with Gasteiger partial charge in [0.2, 0.25) is 0 Å². The van der Waals surface area contributed by atoms with Gasteiger partial charge in [-0.2, -0.15) is 8.80 Å². The second-order valence-electron chi connectivity index (χ2n) is 9.49. The van der Waals surface area contributed by atoms with E-state index in [1.54, 1.807) is 0 Å². The second-order valence-corrected chi connectivity index (χ2v) is 9.49. The fraction of sp³-hybridized carbons (Fsp3) is 0.375. The zero-order valence-electron chi connectivity index (χ0n) is 16.8. The summed E-state index contributed by atoms with van der Waals surface area (Å²) in [6.45, 7) is 13.7. The Bertz CT molecular complexity index is 992. The molecule has 0 fully saturated rings. The third-order valence-electron chi connectivity index (χ3n) is 5.42. The number of hydrogen-bond donors (Lipinski definition) is 0. The highest BCUT2D eigenvalue weighted by atomic mass is 15.1. The summed E-state index contributed by atoms with van der Waals surface area (Å²) in [4.78, 5) is 0. The molecule has 0 saturated heterocycles. The minimum atomic E-state index is 0.138. The molecule has 134 valence electrons. The molecule has 1 aliphatic carbocycles. The highest BCUT2D eigenvalue weighted by Gasteiger charge is 2.27. The van der Waals surface area contributed by atoms with E-state index in [4.69, 9.17) is 0 Å². The van der Waals surface area contributed by atoms with Gasteiger partial charge < -0.3 is 0 Å². The Balaban J connectivity index is 2.09. The van der Waals surface area contributed by atoms with E-state index < -0.39 is 0 Å². The van der Waals surface area contributed by atoms with E-state index >= 15 is 0 Å². The highest BCUT2D eigenvalue weighted by molar-refractivity contribution is 5.78. The van der Waals surface area contributed by atoms with Crippen molar-refractivity contribution >= 4 is 16.6 Å². The quantitative estimate of drug-likeness (QED) is 0.506. The van der Waals surface area contributed by atoms with Crippen LogP contribution in [0.4, 0.5) is 0 Å². The molecule has 26 heavy (non-hydrogen) atoms. The Hall–Kier alpha value is -2.35. The van der Waals surface area contributed by atoms with Crippen LogP contribution in [0.5, 0.6) is 0 Å². The molecule has 0 aromatic carbocycles. The number of pyridine rings is 2. The molecule has 0 aliphatic heterocycles. The van der Waals surface area contributed by atoms with Gasteiger partial charge in [-0.05, 0) is 52.6 Å². The maximum atomic E-state index is 2.37. The molecule has 0 amide bonds. The lowest BCUT2D eigenvalue weighted by molar-refractivity contribution is -0.514. The lowest BCUT2D eigenvalue weighted by Gasteiger charge is -2.18. The standard InChI is InChI=1S/C24H29N2/c1-23(2,3)18-11-13-25-20(15-18)21-16-19(24(4,5)6)12-14-26(21)22(25)17-9-7-8-10-17/h7-9,11-16H,10H2,1-6H3/q+1. The van der Waals surface area contributed by atoms with E-state index in [1.165, 1.54) is 33.6 Å². The first-order valence-electron chi connectivity index (χ1n) is 9.53. The van der Waals surface area contributed by atoms with Crippen LogP contribution in [-0.4, -0.2) is 4.40 Å². The van der Waals surface area contributed by atoms with E-state index in [0.29, 0.717) is 0 Å². The van der Waals surface area contributed by atoms with Crippen molar-refractivity contribution in [1.29, 1.82) is 0 Å². The Morgan fingerprint density at radius 3 is 2.23 bits per heavy atom. The van der Waals surface area contributed by atoms with Gasteiger partial charge in [0.15, 0.2) is 11.0 Å². The molecule has 0 N–H and O–H groups in total. The van der Waals surface area contributed by atoms with Gasteiger partial charge >= 0.3 is 0 Å².